The third-order valence-electron chi connectivity index (χ3n) is 3.53. The number of nitrogens with zero attached hydrogens (tertiary/aromatic N) is 2. The molecule has 1 saturated heterocycles. The van der Waals surface area contributed by atoms with Crippen LogP contribution < -0.4 is 10.0 Å². The van der Waals surface area contributed by atoms with Gasteiger partial charge in [0.2, 0.25) is 0 Å². The molecule has 9 heteroatoms. The lowest BCUT2D eigenvalue weighted by Crippen LogP contribution is -2.28. The molecule has 0 aliphatic carbocycles. The zero-order valence-corrected chi connectivity index (χ0v) is 14.6. The summed E-state index contributed by atoms with van der Waals surface area (Å²) in [4.78, 5) is 35.4. The number of hydrogen-bond acceptors (Lipinski definition) is 7. The number of thioether (sulfide) groups is 1. The lowest BCUT2D eigenvalue weighted by molar-refractivity contribution is -0.384. The van der Waals surface area contributed by atoms with Crippen LogP contribution in [0.25, 0.3) is 6.08 Å². The van der Waals surface area contributed by atoms with Gasteiger partial charge in [0.25, 0.3) is 11.6 Å². The number of nitro benzene ring substituents is 1. The largest absolute Gasteiger partial charge is 0.545 e. The van der Waals surface area contributed by atoms with Crippen molar-refractivity contribution in [2.45, 2.75) is 0 Å². The van der Waals surface area contributed by atoms with E-state index in [4.69, 9.17) is 12.2 Å². The van der Waals surface area contributed by atoms with Crippen LogP contribution in [0.4, 0.5) is 11.4 Å². The maximum absolute atomic E-state index is 12.6. The number of carboxylic acids is 1. The molecule has 1 aliphatic rings. The molecule has 0 saturated carbocycles. The highest BCUT2D eigenvalue weighted by Crippen LogP contribution is 2.36. The molecule has 0 atom stereocenters. The van der Waals surface area contributed by atoms with E-state index < -0.39 is 10.9 Å². The summed E-state index contributed by atoms with van der Waals surface area (Å²) in [7, 11) is 0. The number of hydrogen-bond donors (Lipinski definition) is 0. The summed E-state index contributed by atoms with van der Waals surface area (Å²) in [5.41, 5.74) is 0.852. The van der Waals surface area contributed by atoms with Gasteiger partial charge in [0, 0.05) is 12.1 Å². The van der Waals surface area contributed by atoms with Crippen molar-refractivity contribution in [1.82, 2.24) is 0 Å². The molecule has 0 unspecified atom stereocenters. The molecule has 0 N–H and O–H groups in total. The molecule has 2 aromatic carbocycles. The zero-order valence-electron chi connectivity index (χ0n) is 12.9. The summed E-state index contributed by atoms with van der Waals surface area (Å²) in [6.07, 6.45) is 1.53. The average molecular weight is 385 g/mol. The monoisotopic (exact) mass is 385 g/mol. The Morgan fingerprint density at radius 3 is 2.50 bits per heavy atom. The minimum Gasteiger partial charge on any atom is -0.545 e. The van der Waals surface area contributed by atoms with Crippen LogP contribution in [0.2, 0.25) is 0 Å². The maximum Gasteiger partial charge on any atom is 0.270 e. The van der Waals surface area contributed by atoms with Gasteiger partial charge in [-0.2, -0.15) is 0 Å². The van der Waals surface area contributed by atoms with E-state index in [9.17, 15) is 24.8 Å². The summed E-state index contributed by atoms with van der Waals surface area (Å²) in [5.74, 6) is -1.69. The molecule has 7 nitrogen and oxygen atoms in total. The molecule has 1 amide bonds. The molecule has 1 heterocycles. The number of thiocarbonyl (C=S) groups is 1. The Morgan fingerprint density at radius 2 is 1.88 bits per heavy atom. The van der Waals surface area contributed by atoms with E-state index in [1.54, 1.807) is 6.07 Å². The quantitative estimate of drug-likeness (QED) is 0.344. The number of carbonyl (C=O) groups excluding carboxylic acids is 2. The van der Waals surface area contributed by atoms with Gasteiger partial charge in [-0.15, -0.1) is 0 Å². The Balaban J connectivity index is 1.90. The summed E-state index contributed by atoms with van der Waals surface area (Å²) in [5, 5.41) is 21.7. The van der Waals surface area contributed by atoms with Crippen LogP contribution in [-0.4, -0.2) is 21.1 Å². The Hall–Kier alpha value is -3.04. The minimum atomic E-state index is -1.31. The number of aromatic carboxylic acids is 1. The van der Waals surface area contributed by atoms with Crippen molar-refractivity contribution < 1.29 is 19.6 Å². The summed E-state index contributed by atoms with van der Waals surface area (Å²) in [6, 6.07) is 11.5. The van der Waals surface area contributed by atoms with Crippen molar-refractivity contribution in [3.63, 3.8) is 0 Å². The van der Waals surface area contributed by atoms with Crippen molar-refractivity contribution in [1.29, 1.82) is 0 Å². The fourth-order valence-corrected chi connectivity index (χ4v) is 3.62. The highest BCUT2D eigenvalue weighted by Gasteiger charge is 2.33. The molecule has 0 aromatic heterocycles. The molecule has 2 aromatic rings. The van der Waals surface area contributed by atoms with Crippen LogP contribution in [0.15, 0.2) is 53.4 Å². The Morgan fingerprint density at radius 1 is 1.19 bits per heavy atom. The van der Waals surface area contributed by atoms with Crippen molar-refractivity contribution in [3.05, 3.63) is 74.7 Å². The van der Waals surface area contributed by atoms with E-state index in [-0.39, 0.29) is 21.5 Å². The van der Waals surface area contributed by atoms with Crippen LogP contribution in [-0.2, 0) is 4.79 Å². The first-order valence-corrected chi connectivity index (χ1v) is 8.43. The van der Waals surface area contributed by atoms with E-state index in [0.717, 1.165) is 11.8 Å². The highest BCUT2D eigenvalue weighted by atomic mass is 32.2. The van der Waals surface area contributed by atoms with E-state index in [2.05, 4.69) is 0 Å². The second-order valence-electron chi connectivity index (χ2n) is 5.20. The average Bonchev–Trinajstić information content (AvgIpc) is 2.89. The molecule has 0 spiro atoms. The smallest absolute Gasteiger partial charge is 0.270 e. The van der Waals surface area contributed by atoms with Crippen molar-refractivity contribution in [2.24, 2.45) is 0 Å². The molecule has 3 rings (SSSR count). The number of amides is 1. The van der Waals surface area contributed by atoms with E-state index in [0.29, 0.717) is 16.2 Å². The molecular weight excluding hydrogens is 376 g/mol. The molecule has 26 heavy (non-hydrogen) atoms. The van der Waals surface area contributed by atoms with Crippen molar-refractivity contribution >= 4 is 57.6 Å². The third kappa shape index (κ3) is 3.48. The van der Waals surface area contributed by atoms with Crippen molar-refractivity contribution in [3.8, 4) is 0 Å². The number of carbonyl (C=O) groups is 2. The SMILES string of the molecule is O=C([O-])c1ccc(N2C(=O)/C(=C\c3cccc([N+](=O)[O-])c3)SC2=S)cc1. The number of non-ortho nitro benzene ring substituents is 1. The molecule has 130 valence electrons. The van der Waals surface area contributed by atoms with Gasteiger partial charge in [-0.3, -0.25) is 19.8 Å². The second kappa shape index (κ2) is 7.06. The maximum atomic E-state index is 12.6. The van der Waals surface area contributed by atoms with Crippen LogP contribution in [0, 0.1) is 10.1 Å². The Kier molecular flexibility index (Phi) is 4.83. The van der Waals surface area contributed by atoms with Crippen LogP contribution >= 0.6 is 24.0 Å². The molecule has 0 bridgehead atoms. The standard InChI is InChI=1S/C17H10N2O5S2/c20-15-14(9-10-2-1-3-13(8-10)19(23)24)26-17(25)18(15)12-6-4-11(5-7-12)16(21)22/h1-9H,(H,21,22)/p-1/b14-9+. The summed E-state index contributed by atoms with van der Waals surface area (Å²) in [6.45, 7) is 0. The predicted octanol–water partition coefficient (Wildman–Crippen LogP) is 2.36. The normalized spacial score (nSPS) is 15.5. The first-order valence-electron chi connectivity index (χ1n) is 7.20. The number of rotatable bonds is 4. The molecule has 1 aliphatic heterocycles. The van der Waals surface area contributed by atoms with Crippen molar-refractivity contribution in [2.75, 3.05) is 4.90 Å². The number of nitro groups is 1. The fourth-order valence-electron chi connectivity index (χ4n) is 2.32. The summed E-state index contributed by atoms with van der Waals surface area (Å²) >= 11 is 6.30. The van der Waals surface area contributed by atoms with Gasteiger partial charge in [0.1, 0.15) is 0 Å². The molecule has 0 radical (unpaired) electrons. The van der Waals surface area contributed by atoms with Crippen LogP contribution in [0.5, 0.6) is 0 Å². The molecule has 1 fully saturated rings. The van der Waals surface area contributed by atoms with Gasteiger partial charge in [-0.25, -0.2) is 0 Å². The zero-order chi connectivity index (χ0) is 18.8. The first kappa shape index (κ1) is 17.8. The van der Waals surface area contributed by atoms with Gasteiger partial charge < -0.3 is 9.90 Å². The lowest BCUT2D eigenvalue weighted by Gasteiger charge is -2.15. The highest BCUT2D eigenvalue weighted by molar-refractivity contribution is 8.27. The number of carboxylic acid groups (broad SMARTS) is 1. The van der Waals surface area contributed by atoms with Gasteiger partial charge in [-0.05, 0) is 29.3 Å². The van der Waals surface area contributed by atoms with Crippen LogP contribution in [0.3, 0.4) is 0 Å². The van der Waals surface area contributed by atoms with Crippen LogP contribution in [0.1, 0.15) is 15.9 Å². The first-order chi connectivity index (χ1) is 12.4. The number of anilines is 1. The van der Waals surface area contributed by atoms with Gasteiger partial charge in [-0.1, -0.05) is 48.2 Å². The van der Waals surface area contributed by atoms with Gasteiger partial charge >= 0.3 is 0 Å². The van der Waals surface area contributed by atoms with Gasteiger partial charge in [0.15, 0.2) is 4.32 Å². The fraction of sp³-hybridized carbons (Fsp3) is 0. The Bertz CT molecular complexity index is 969. The molecular formula is C17H9N2O5S2-. The number of benzene rings is 2. The third-order valence-corrected chi connectivity index (χ3v) is 4.84. The minimum absolute atomic E-state index is 0.00803. The van der Waals surface area contributed by atoms with E-state index in [1.165, 1.54) is 53.4 Å². The Labute approximate surface area is 157 Å². The second-order valence-corrected chi connectivity index (χ2v) is 6.88. The lowest BCUT2D eigenvalue weighted by atomic mass is 10.1. The topological polar surface area (TPSA) is 104 Å². The van der Waals surface area contributed by atoms with Gasteiger partial charge in [0.05, 0.1) is 21.5 Å². The van der Waals surface area contributed by atoms with E-state index in [1.807, 2.05) is 0 Å². The summed E-state index contributed by atoms with van der Waals surface area (Å²) < 4.78 is 0.285. The van der Waals surface area contributed by atoms with E-state index >= 15 is 0 Å². The predicted molar refractivity (Wildman–Crippen MR) is 99.5 cm³/mol.